The largest absolute Gasteiger partial charge is 0.371 e. The zero-order valence-electron chi connectivity index (χ0n) is 77.0. The summed E-state index contributed by atoms with van der Waals surface area (Å²) in [6.07, 6.45) is 21.8. The monoisotopic (exact) mass is 1750 g/mol. The fourth-order valence-electron chi connectivity index (χ4n) is 18.1. The van der Waals surface area contributed by atoms with Crippen molar-refractivity contribution in [1.29, 1.82) is 0 Å². The molecule has 12 heterocycles. The molecule has 0 saturated carbocycles. The molecule has 4 saturated heterocycles. The van der Waals surface area contributed by atoms with Gasteiger partial charge in [0.1, 0.15) is 29.1 Å². The Kier molecular flexibility index (Phi) is 33.1. The molecule has 0 atom stereocenters. The number of halogens is 1. The summed E-state index contributed by atoms with van der Waals surface area (Å²) in [6, 6.07) is 29.5. The van der Waals surface area contributed by atoms with Gasteiger partial charge in [-0.25, -0.2) is 24.3 Å². The van der Waals surface area contributed by atoms with Crippen LogP contribution in [0.15, 0.2) is 116 Å². The zero-order valence-corrected chi connectivity index (χ0v) is 77.0. The molecule has 8 aliphatic heterocycles. The van der Waals surface area contributed by atoms with Gasteiger partial charge in [-0.2, -0.15) is 19.9 Å². The second-order valence-corrected chi connectivity index (χ2v) is 34.7. The molecule has 4 fully saturated rings. The van der Waals surface area contributed by atoms with Crippen LogP contribution in [0.1, 0.15) is 182 Å². The molecule has 16 rings (SSSR count). The number of benzene rings is 4. The average Bonchev–Trinajstić information content (AvgIpc) is 1.65. The van der Waals surface area contributed by atoms with E-state index in [-0.39, 0.29) is 65.4 Å². The second-order valence-electron chi connectivity index (χ2n) is 34.7. The highest BCUT2D eigenvalue weighted by Crippen LogP contribution is 2.38. The summed E-state index contributed by atoms with van der Waals surface area (Å²) in [4.78, 5) is 135. The molecular weight excluding hydrogens is 1620 g/mol. The molecule has 0 aliphatic carbocycles. The minimum absolute atomic E-state index is 0.0627. The van der Waals surface area contributed by atoms with Crippen LogP contribution < -0.4 is 61.3 Å². The summed E-state index contributed by atoms with van der Waals surface area (Å²) >= 11 is 0. The van der Waals surface area contributed by atoms with Gasteiger partial charge < -0.3 is 61.3 Å². The molecule has 684 valence electrons. The third-order valence-electron chi connectivity index (χ3n) is 25.8. The Bertz CT molecular complexity index is 5040. The lowest BCUT2D eigenvalue weighted by molar-refractivity contribution is -0.118. The second kappa shape index (κ2) is 45.0. The van der Waals surface area contributed by atoms with E-state index in [2.05, 4.69) is 190 Å². The number of fused-ring (bicyclic) bond motifs is 4. The van der Waals surface area contributed by atoms with Crippen LogP contribution >= 0.6 is 0 Å². The zero-order chi connectivity index (χ0) is 90.5. The lowest BCUT2D eigenvalue weighted by Crippen LogP contribution is -2.52. The number of nitrogens with one attached hydrogen (secondary N) is 6. The molecule has 0 spiro atoms. The molecule has 0 unspecified atom stereocenters. The maximum absolute atomic E-state index is 14.8. The number of hydrogen-bond acceptors (Lipinski definition) is 25. The number of aromatic nitrogens is 8. The first-order chi connectivity index (χ1) is 62.1. The van der Waals surface area contributed by atoms with Gasteiger partial charge in [0.05, 0.1) is 31.4 Å². The number of carbonyl (C=O) groups excluding carboxylic acids is 6. The van der Waals surface area contributed by atoms with Crippen LogP contribution in [0.4, 0.5) is 85.6 Å². The highest BCUT2D eigenvalue weighted by atomic mass is 19.1. The van der Waals surface area contributed by atoms with Crippen LogP contribution in [-0.2, 0) is 44.9 Å². The van der Waals surface area contributed by atoms with Crippen molar-refractivity contribution in [3.05, 3.63) is 155 Å². The van der Waals surface area contributed by atoms with Crippen molar-refractivity contribution in [2.24, 2.45) is 0 Å². The fraction of sp³-hybridized carbons (Fsp3) is 0.521. The number of piperidine rings is 2. The molecule has 8 aromatic rings. The number of anilines is 14. The third kappa shape index (κ3) is 23.7. The number of rotatable bonds is 31. The van der Waals surface area contributed by atoms with Gasteiger partial charge in [-0.1, -0.05) is 61.8 Å². The predicted octanol–water partition coefficient (Wildman–Crippen LogP) is 12.8. The summed E-state index contributed by atoms with van der Waals surface area (Å²) in [5, 5.41) is 18.7. The van der Waals surface area contributed by atoms with Crippen LogP contribution in [0.2, 0.25) is 0 Å². The van der Waals surface area contributed by atoms with Crippen LogP contribution in [-0.4, -0.2) is 263 Å². The number of carbonyl (C=O) groups is 6. The van der Waals surface area contributed by atoms with Gasteiger partial charge in [-0.15, -0.1) is 0 Å². The normalized spacial score (nSPS) is 16.7. The minimum atomic E-state index is -0.264. The standard InChI is InChI=1S/C27H39N7O.C25H34N6O2.C22H29FN6O.C22H30N6O2/c1-4-22(5-2)34-25(35)18-20-19-28-27(30-26(20)34)29-21-6-8-23(9-7-21)32-12-10-24(11-13-32)33-16-14-31(3)15-17-33;1-3-21(4-2)31-22(32)16-19-17-27-25(29-23(19)31)28-20-10-8-18(9-11-20)24(33)26-12-15-30-13-6-5-7-14-30;1-4-17(5-2)29-20(30)12-15-14-24-22(26-21(15)29)25-16-6-7-19(18(23)13-16)28-10-8-27(3)9-11-28;1-5-18(6-2)28-19(29)13-16-14-24-22(26-20(16)28)25-17-9-7-15(8-10-17)21(30)23-11-12-27(3)4/h6-9,19,22,24H,4-5,10-18H2,1-3H3,(H,28,29,30);8-11,17,21H,3-7,12-16H2,1-2H3,(H,26,33)(H,27,28,29);6-7,13-14,17H,4-5,8-12H2,1-3H3,(H,24,25,26);7-10,14,18H,5-6,11-13H2,1-4H3,(H,23,30)(H,24,25,26). The van der Waals surface area contributed by atoms with Crippen molar-refractivity contribution < 1.29 is 33.2 Å². The SMILES string of the molecule is CCC(CC)N1C(=O)Cc2cnc(Nc3ccc(C(=O)NCCN(C)C)cc3)nc21.CCC(CC)N1C(=O)Cc2cnc(Nc3ccc(C(=O)NCCN4CCCCC4)cc3)nc21.CCC(CC)N1C(=O)Cc2cnc(Nc3ccc(N4CCC(N5CCN(C)CC5)CC4)cc3)nc21.CCC(CC)N1C(=O)Cc2cnc(Nc3ccc(N4CCN(C)CC4)c(F)c3)nc21. The molecular formula is C96H132FN25O6. The summed E-state index contributed by atoms with van der Waals surface area (Å²) in [6.45, 7) is 32.4. The van der Waals surface area contributed by atoms with Crippen LogP contribution in [0.5, 0.6) is 0 Å². The summed E-state index contributed by atoms with van der Waals surface area (Å²) in [5.41, 5.74) is 9.72. The minimum Gasteiger partial charge on any atom is -0.371 e. The van der Waals surface area contributed by atoms with E-state index in [9.17, 15) is 33.2 Å². The Morgan fingerprint density at radius 2 is 0.758 bits per heavy atom. The van der Waals surface area contributed by atoms with E-state index in [1.807, 2.05) is 64.0 Å². The Labute approximate surface area is 754 Å². The maximum Gasteiger partial charge on any atom is 0.251 e. The van der Waals surface area contributed by atoms with Crippen LogP contribution in [0.3, 0.4) is 0 Å². The van der Waals surface area contributed by atoms with Crippen molar-refractivity contribution >= 4 is 117 Å². The Balaban J connectivity index is 0.000000146. The van der Waals surface area contributed by atoms with Gasteiger partial charge in [-0.05, 0) is 209 Å². The molecule has 128 heavy (non-hydrogen) atoms. The maximum atomic E-state index is 14.8. The average molecular weight is 1750 g/mol. The van der Waals surface area contributed by atoms with E-state index < -0.39 is 0 Å². The Hall–Kier alpha value is -11.5. The number of amides is 6. The molecule has 0 radical (unpaired) electrons. The van der Waals surface area contributed by atoms with Gasteiger partial charge in [0, 0.05) is 208 Å². The number of likely N-dealkylation sites (tertiary alicyclic amines) is 1. The molecule has 4 aromatic heterocycles. The Morgan fingerprint density at radius 3 is 1.12 bits per heavy atom. The third-order valence-corrected chi connectivity index (χ3v) is 25.8. The van der Waals surface area contributed by atoms with Gasteiger partial charge in [0.25, 0.3) is 11.8 Å². The topological polar surface area (TPSA) is 313 Å². The quantitative estimate of drug-likeness (QED) is 0.0235. The van der Waals surface area contributed by atoms with Gasteiger partial charge in [-0.3, -0.25) is 53.3 Å². The molecule has 4 aromatic carbocycles. The van der Waals surface area contributed by atoms with Crippen LogP contribution in [0.25, 0.3) is 0 Å². The van der Waals surface area contributed by atoms with Crippen LogP contribution in [0, 0.1) is 5.82 Å². The number of piperazine rings is 2. The van der Waals surface area contributed by atoms with E-state index in [4.69, 9.17) is 4.98 Å². The highest BCUT2D eigenvalue weighted by molar-refractivity contribution is 6.03. The van der Waals surface area contributed by atoms with Gasteiger partial charge in [0.2, 0.25) is 47.4 Å². The summed E-state index contributed by atoms with van der Waals surface area (Å²) in [5.74, 6) is 4.54. The lowest BCUT2D eigenvalue weighted by Gasteiger charge is -2.42. The van der Waals surface area contributed by atoms with Crippen molar-refractivity contribution in [3.63, 3.8) is 0 Å². The molecule has 6 amide bonds. The molecule has 0 bridgehead atoms. The van der Waals surface area contributed by atoms with E-state index in [0.717, 1.165) is 168 Å². The predicted molar refractivity (Wildman–Crippen MR) is 507 cm³/mol. The van der Waals surface area contributed by atoms with Crippen molar-refractivity contribution in [1.82, 2.24) is 75.0 Å². The molecule has 32 heteroatoms. The smallest absolute Gasteiger partial charge is 0.251 e. The Morgan fingerprint density at radius 1 is 0.414 bits per heavy atom. The van der Waals surface area contributed by atoms with Gasteiger partial charge in [0.15, 0.2) is 0 Å². The molecule has 6 N–H and O–H groups in total. The highest BCUT2D eigenvalue weighted by Gasteiger charge is 2.39. The number of hydrogen-bond donors (Lipinski definition) is 6. The first kappa shape index (κ1) is 94.2. The summed E-state index contributed by atoms with van der Waals surface area (Å²) in [7, 11) is 8.23. The van der Waals surface area contributed by atoms with E-state index in [0.29, 0.717) is 103 Å². The molecule has 31 nitrogen and oxygen atoms in total. The number of likely N-dealkylation sites (N-methyl/N-ethyl adjacent to an activating group) is 3. The van der Waals surface area contributed by atoms with E-state index in [1.165, 1.54) is 70.0 Å². The number of nitrogens with zero attached hydrogens (tertiary/aromatic N) is 19. The van der Waals surface area contributed by atoms with E-state index >= 15 is 0 Å². The first-order valence-corrected chi connectivity index (χ1v) is 46.5. The van der Waals surface area contributed by atoms with Crippen molar-refractivity contribution in [3.8, 4) is 0 Å². The van der Waals surface area contributed by atoms with Crippen molar-refractivity contribution in [2.75, 3.05) is 184 Å². The molecule has 8 aliphatic rings. The van der Waals surface area contributed by atoms with Crippen molar-refractivity contribution in [2.45, 2.75) is 195 Å². The summed E-state index contributed by atoms with van der Waals surface area (Å²) < 4.78 is 14.8. The van der Waals surface area contributed by atoms with E-state index in [1.54, 1.807) is 60.0 Å². The fourth-order valence-corrected chi connectivity index (χ4v) is 18.1. The lowest BCUT2D eigenvalue weighted by atomic mass is 10.0. The van der Waals surface area contributed by atoms with Gasteiger partial charge >= 0.3 is 0 Å². The first-order valence-electron chi connectivity index (χ1n) is 46.5.